The van der Waals surface area contributed by atoms with E-state index < -0.39 is 0 Å². The summed E-state index contributed by atoms with van der Waals surface area (Å²) in [5.74, 6) is 1.05. The van der Waals surface area contributed by atoms with Crippen molar-refractivity contribution < 1.29 is 4.74 Å². The number of halogens is 1. The molecule has 19 heavy (non-hydrogen) atoms. The molecule has 1 aliphatic heterocycles. The van der Waals surface area contributed by atoms with Crippen molar-refractivity contribution in [1.29, 1.82) is 0 Å². The summed E-state index contributed by atoms with van der Waals surface area (Å²) in [6.45, 7) is 9.88. The van der Waals surface area contributed by atoms with Crippen molar-refractivity contribution in [3.8, 4) is 5.75 Å². The first-order valence-electron chi connectivity index (χ1n) is 6.89. The van der Waals surface area contributed by atoms with Gasteiger partial charge >= 0.3 is 0 Å². The average molecular weight is 327 g/mol. The molecule has 0 aliphatic carbocycles. The molecule has 0 saturated carbocycles. The maximum absolute atomic E-state index is 5.60. The fourth-order valence-electron chi connectivity index (χ4n) is 2.71. The zero-order valence-corrected chi connectivity index (χ0v) is 13.6. The molecule has 0 radical (unpaired) electrons. The predicted octanol–water partition coefficient (Wildman–Crippen LogP) is 2.52. The predicted molar refractivity (Wildman–Crippen MR) is 83.2 cm³/mol. The van der Waals surface area contributed by atoms with Crippen molar-refractivity contribution in [2.75, 3.05) is 39.8 Å². The molecule has 1 heterocycles. The molecule has 0 atom stereocenters. The van der Waals surface area contributed by atoms with Crippen LogP contribution in [0.1, 0.15) is 16.7 Å². The molecular weight excluding hydrogens is 304 g/mol. The van der Waals surface area contributed by atoms with Gasteiger partial charge in [0.1, 0.15) is 5.75 Å². The van der Waals surface area contributed by atoms with Gasteiger partial charge in [0.25, 0.3) is 0 Å². The molecule has 1 aliphatic rings. The number of methoxy groups -OCH3 is 1. The summed E-state index contributed by atoms with van der Waals surface area (Å²) in [7, 11) is 1.77. The lowest BCUT2D eigenvalue weighted by Gasteiger charge is -2.28. The minimum Gasteiger partial charge on any atom is -0.496 e. The zero-order valence-electron chi connectivity index (χ0n) is 12.1. The van der Waals surface area contributed by atoms with Gasteiger partial charge < -0.3 is 15.0 Å². The van der Waals surface area contributed by atoms with Gasteiger partial charge in [-0.2, -0.15) is 0 Å². The van der Waals surface area contributed by atoms with E-state index in [0.29, 0.717) is 0 Å². The number of piperazine rings is 1. The quantitative estimate of drug-likeness (QED) is 0.920. The van der Waals surface area contributed by atoms with Crippen LogP contribution >= 0.6 is 15.9 Å². The average Bonchev–Trinajstić information content (AvgIpc) is 2.42. The molecule has 106 valence electrons. The fourth-order valence-corrected chi connectivity index (χ4v) is 3.29. The highest BCUT2D eigenvalue weighted by Gasteiger charge is 2.15. The maximum atomic E-state index is 5.60. The van der Waals surface area contributed by atoms with E-state index in [-0.39, 0.29) is 0 Å². The van der Waals surface area contributed by atoms with Crippen LogP contribution in [0.25, 0.3) is 0 Å². The van der Waals surface area contributed by atoms with Gasteiger partial charge in [-0.05, 0) is 43.0 Å². The molecule has 4 heteroatoms. The Kier molecular flexibility index (Phi) is 5.25. The Morgan fingerprint density at radius 3 is 2.63 bits per heavy atom. The lowest BCUT2D eigenvalue weighted by Crippen LogP contribution is -2.44. The van der Waals surface area contributed by atoms with E-state index in [9.17, 15) is 0 Å². The molecule has 1 aromatic carbocycles. The third-order valence-corrected chi connectivity index (χ3v) is 4.70. The highest BCUT2D eigenvalue weighted by molar-refractivity contribution is 9.10. The van der Waals surface area contributed by atoms with Crippen molar-refractivity contribution in [1.82, 2.24) is 10.2 Å². The summed E-state index contributed by atoms with van der Waals surface area (Å²) >= 11 is 3.65. The van der Waals surface area contributed by atoms with E-state index in [1.54, 1.807) is 7.11 Å². The topological polar surface area (TPSA) is 24.5 Å². The standard InChI is InChI=1S/C15H23BrN2O/c1-11-10-14(16)12(2)13(15(11)19-3)4-7-18-8-5-17-6-9-18/h10,17H,4-9H2,1-3H3. The summed E-state index contributed by atoms with van der Waals surface area (Å²) < 4.78 is 6.78. The summed E-state index contributed by atoms with van der Waals surface area (Å²) in [4.78, 5) is 2.52. The van der Waals surface area contributed by atoms with Gasteiger partial charge in [0.05, 0.1) is 7.11 Å². The number of hydrogen-bond donors (Lipinski definition) is 1. The van der Waals surface area contributed by atoms with E-state index >= 15 is 0 Å². The number of hydrogen-bond acceptors (Lipinski definition) is 3. The number of aryl methyl sites for hydroxylation is 1. The number of nitrogens with zero attached hydrogens (tertiary/aromatic N) is 1. The molecule has 3 nitrogen and oxygen atoms in total. The van der Waals surface area contributed by atoms with Crippen molar-refractivity contribution in [2.24, 2.45) is 0 Å². The molecule has 0 amide bonds. The fraction of sp³-hybridized carbons (Fsp3) is 0.600. The molecule has 0 aromatic heterocycles. The van der Waals surface area contributed by atoms with E-state index in [2.05, 4.69) is 46.1 Å². The number of nitrogens with one attached hydrogen (secondary N) is 1. The third kappa shape index (κ3) is 3.50. The smallest absolute Gasteiger partial charge is 0.125 e. The van der Waals surface area contributed by atoms with Crippen molar-refractivity contribution >= 4 is 15.9 Å². The Labute approximate surface area is 124 Å². The normalized spacial score (nSPS) is 16.6. The Hall–Kier alpha value is -0.580. The first-order chi connectivity index (χ1) is 9.13. The second-order valence-corrected chi connectivity index (χ2v) is 6.01. The number of ether oxygens (including phenoxy) is 1. The molecule has 1 aromatic rings. The molecule has 0 unspecified atom stereocenters. The Morgan fingerprint density at radius 1 is 1.32 bits per heavy atom. The Morgan fingerprint density at radius 2 is 2.00 bits per heavy atom. The number of benzene rings is 1. The molecular formula is C15H23BrN2O. The van der Waals surface area contributed by atoms with Crippen molar-refractivity contribution in [3.05, 3.63) is 27.2 Å². The molecule has 1 N–H and O–H groups in total. The van der Waals surface area contributed by atoms with Crippen molar-refractivity contribution in [3.63, 3.8) is 0 Å². The maximum Gasteiger partial charge on any atom is 0.125 e. The van der Waals surface area contributed by atoms with Gasteiger partial charge in [-0.15, -0.1) is 0 Å². The second kappa shape index (κ2) is 6.73. The first-order valence-corrected chi connectivity index (χ1v) is 7.68. The van der Waals surface area contributed by atoms with Crippen LogP contribution in [0.15, 0.2) is 10.5 Å². The van der Waals surface area contributed by atoms with Gasteiger partial charge in [-0.1, -0.05) is 15.9 Å². The van der Waals surface area contributed by atoms with Gasteiger partial charge in [-0.3, -0.25) is 0 Å². The van der Waals surface area contributed by atoms with E-state index in [4.69, 9.17) is 4.74 Å². The SMILES string of the molecule is COc1c(C)cc(Br)c(C)c1CCN1CCNCC1. The molecule has 0 bridgehead atoms. The van der Waals surface area contributed by atoms with E-state index in [1.165, 1.54) is 21.2 Å². The molecule has 0 spiro atoms. The lowest BCUT2D eigenvalue weighted by atomic mass is 10.0. The van der Waals surface area contributed by atoms with Gasteiger partial charge in [0, 0.05) is 37.2 Å². The largest absolute Gasteiger partial charge is 0.496 e. The molecule has 1 saturated heterocycles. The van der Waals surface area contributed by atoms with E-state index in [1.807, 2.05) is 0 Å². The summed E-state index contributed by atoms with van der Waals surface area (Å²) in [5, 5.41) is 3.39. The summed E-state index contributed by atoms with van der Waals surface area (Å²) in [6, 6.07) is 2.14. The zero-order chi connectivity index (χ0) is 13.8. The van der Waals surface area contributed by atoms with Gasteiger partial charge in [0.15, 0.2) is 0 Å². The minimum absolute atomic E-state index is 1.05. The van der Waals surface area contributed by atoms with Crippen LogP contribution < -0.4 is 10.1 Å². The van der Waals surface area contributed by atoms with Crippen molar-refractivity contribution in [2.45, 2.75) is 20.3 Å². The van der Waals surface area contributed by atoms with Crippen LogP contribution in [0.2, 0.25) is 0 Å². The van der Waals surface area contributed by atoms with Crippen LogP contribution in [-0.2, 0) is 6.42 Å². The van der Waals surface area contributed by atoms with Crippen LogP contribution in [0.4, 0.5) is 0 Å². The first kappa shape index (κ1) is 14.8. The Balaban J connectivity index is 2.13. The number of rotatable bonds is 4. The highest BCUT2D eigenvalue weighted by atomic mass is 79.9. The van der Waals surface area contributed by atoms with Crippen LogP contribution in [0.3, 0.4) is 0 Å². The summed E-state index contributed by atoms with van der Waals surface area (Å²) in [5.41, 5.74) is 3.85. The van der Waals surface area contributed by atoms with Crippen LogP contribution in [0, 0.1) is 13.8 Å². The third-order valence-electron chi connectivity index (χ3n) is 3.88. The van der Waals surface area contributed by atoms with Crippen LogP contribution in [-0.4, -0.2) is 44.7 Å². The molecule has 2 rings (SSSR count). The van der Waals surface area contributed by atoms with Gasteiger partial charge in [0.2, 0.25) is 0 Å². The van der Waals surface area contributed by atoms with Crippen LogP contribution in [0.5, 0.6) is 5.75 Å². The second-order valence-electron chi connectivity index (χ2n) is 5.15. The minimum atomic E-state index is 1.05. The highest BCUT2D eigenvalue weighted by Crippen LogP contribution is 2.32. The summed E-state index contributed by atoms with van der Waals surface area (Å²) in [6.07, 6.45) is 1.05. The van der Waals surface area contributed by atoms with Gasteiger partial charge in [-0.25, -0.2) is 0 Å². The lowest BCUT2D eigenvalue weighted by molar-refractivity contribution is 0.243. The van der Waals surface area contributed by atoms with E-state index in [0.717, 1.165) is 44.9 Å². The monoisotopic (exact) mass is 326 g/mol. The Bertz CT molecular complexity index is 442. The molecule has 1 fully saturated rings.